The van der Waals surface area contributed by atoms with Gasteiger partial charge in [-0.1, -0.05) is 42.5 Å². The lowest BCUT2D eigenvalue weighted by atomic mass is 10.1. The number of aromatic nitrogens is 2. The largest absolute Gasteiger partial charge is 0.322 e. The maximum atomic E-state index is 12.9. The second-order valence-electron chi connectivity index (χ2n) is 8.16. The zero-order chi connectivity index (χ0) is 23.4. The fourth-order valence-corrected chi connectivity index (χ4v) is 3.80. The number of nitro groups is 1. The number of hydrogen-bond acceptors (Lipinski definition) is 7. The van der Waals surface area contributed by atoms with Crippen molar-refractivity contribution in [3.05, 3.63) is 70.4 Å². The number of nitro benzene ring substituents is 1. The number of carbonyl (C=O) groups excluding carboxylic acids is 1. The van der Waals surface area contributed by atoms with Gasteiger partial charge in [0.1, 0.15) is 0 Å². The summed E-state index contributed by atoms with van der Waals surface area (Å²) in [6, 6.07) is 15.8. The molecule has 1 saturated heterocycles. The van der Waals surface area contributed by atoms with Crippen LogP contribution in [0.2, 0.25) is 0 Å². The Morgan fingerprint density at radius 3 is 2.42 bits per heavy atom. The summed E-state index contributed by atoms with van der Waals surface area (Å²) in [6.45, 7) is 5.55. The van der Waals surface area contributed by atoms with Crippen LogP contribution in [0, 0.1) is 17.0 Å². The first-order chi connectivity index (χ1) is 15.9. The van der Waals surface area contributed by atoms with Crippen LogP contribution in [0.5, 0.6) is 0 Å². The van der Waals surface area contributed by atoms with Crippen molar-refractivity contribution in [1.82, 2.24) is 19.8 Å². The predicted octanol–water partition coefficient (Wildman–Crippen LogP) is 3.21. The predicted molar refractivity (Wildman–Crippen MR) is 127 cm³/mol. The zero-order valence-electron chi connectivity index (χ0n) is 18.7. The number of aryl methyl sites for hydroxylation is 1. The Labute approximate surface area is 192 Å². The van der Waals surface area contributed by atoms with E-state index in [0.717, 1.165) is 31.7 Å². The molecule has 0 bridgehead atoms. The molecular weight excluding hydrogens is 420 g/mol. The number of piperazine rings is 1. The molecule has 1 aromatic heterocycles. The van der Waals surface area contributed by atoms with Crippen LogP contribution >= 0.6 is 0 Å². The Kier molecular flexibility index (Phi) is 6.71. The minimum atomic E-state index is -0.443. The van der Waals surface area contributed by atoms with Crippen LogP contribution in [0.3, 0.4) is 0 Å². The fourth-order valence-electron chi connectivity index (χ4n) is 3.80. The van der Waals surface area contributed by atoms with Crippen molar-refractivity contribution in [2.45, 2.75) is 6.92 Å². The molecule has 1 fully saturated rings. The molecule has 0 saturated carbocycles. The monoisotopic (exact) mass is 446 g/mol. The van der Waals surface area contributed by atoms with Crippen LogP contribution in [-0.4, -0.2) is 70.4 Å². The van der Waals surface area contributed by atoms with E-state index < -0.39 is 4.92 Å². The molecule has 2 heterocycles. The minimum absolute atomic E-state index is 0.0419. The molecule has 0 radical (unpaired) electrons. The molecule has 3 aromatic rings. The summed E-state index contributed by atoms with van der Waals surface area (Å²) in [7, 11) is 2.07. The summed E-state index contributed by atoms with van der Waals surface area (Å²) >= 11 is 0. The van der Waals surface area contributed by atoms with E-state index >= 15 is 0 Å². The zero-order valence-corrected chi connectivity index (χ0v) is 18.7. The van der Waals surface area contributed by atoms with Gasteiger partial charge in [0.15, 0.2) is 5.82 Å². The first-order valence-electron chi connectivity index (χ1n) is 10.8. The average molecular weight is 447 g/mol. The van der Waals surface area contributed by atoms with Crippen molar-refractivity contribution >= 4 is 17.3 Å². The van der Waals surface area contributed by atoms with Crippen molar-refractivity contribution in [2.75, 3.05) is 45.1 Å². The average Bonchev–Trinajstić information content (AvgIpc) is 2.82. The van der Waals surface area contributed by atoms with E-state index in [1.54, 1.807) is 19.1 Å². The standard InChI is InChI=1S/C24H26N6O3/c1-17-22(26-21(31)16-29-13-11-28(2)12-14-29)23(19-9-6-10-20(15-19)30(32)33)27-24(25-17)18-7-4-3-5-8-18/h3-10,15H,11-14,16H2,1-2H3,(H,26,31). The summed E-state index contributed by atoms with van der Waals surface area (Å²) in [4.78, 5) is 37.5. The summed E-state index contributed by atoms with van der Waals surface area (Å²) in [5.74, 6) is 0.331. The highest BCUT2D eigenvalue weighted by atomic mass is 16.6. The third-order valence-electron chi connectivity index (χ3n) is 5.68. The number of rotatable bonds is 6. The molecule has 0 aliphatic carbocycles. The number of hydrogen-bond donors (Lipinski definition) is 1. The number of likely N-dealkylation sites (N-methyl/N-ethyl adjacent to an activating group) is 1. The van der Waals surface area contributed by atoms with Crippen LogP contribution in [0.25, 0.3) is 22.6 Å². The van der Waals surface area contributed by atoms with E-state index in [4.69, 9.17) is 4.98 Å². The van der Waals surface area contributed by atoms with E-state index in [1.165, 1.54) is 12.1 Å². The number of anilines is 1. The summed E-state index contributed by atoms with van der Waals surface area (Å²) in [6.07, 6.45) is 0. The number of amides is 1. The quantitative estimate of drug-likeness (QED) is 0.458. The van der Waals surface area contributed by atoms with E-state index in [-0.39, 0.29) is 18.1 Å². The Hall–Kier alpha value is -3.69. The van der Waals surface area contributed by atoms with Gasteiger partial charge in [-0.2, -0.15) is 0 Å². The van der Waals surface area contributed by atoms with Crippen LogP contribution in [0.1, 0.15) is 5.69 Å². The van der Waals surface area contributed by atoms with E-state index in [2.05, 4.69) is 27.1 Å². The van der Waals surface area contributed by atoms with E-state index in [9.17, 15) is 14.9 Å². The number of non-ortho nitro benzene ring substituents is 1. The molecule has 0 unspecified atom stereocenters. The minimum Gasteiger partial charge on any atom is -0.322 e. The number of nitrogens with one attached hydrogen (secondary N) is 1. The molecule has 33 heavy (non-hydrogen) atoms. The van der Waals surface area contributed by atoms with Crippen molar-refractivity contribution in [2.24, 2.45) is 0 Å². The van der Waals surface area contributed by atoms with Gasteiger partial charge in [0.25, 0.3) is 5.69 Å². The fraction of sp³-hybridized carbons (Fsp3) is 0.292. The van der Waals surface area contributed by atoms with Gasteiger partial charge in [-0.3, -0.25) is 19.8 Å². The van der Waals surface area contributed by atoms with Crippen molar-refractivity contribution in [3.8, 4) is 22.6 Å². The van der Waals surface area contributed by atoms with Crippen molar-refractivity contribution in [1.29, 1.82) is 0 Å². The third-order valence-corrected chi connectivity index (χ3v) is 5.68. The van der Waals surface area contributed by atoms with Gasteiger partial charge in [-0.25, -0.2) is 9.97 Å². The first-order valence-corrected chi connectivity index (χ1v) is 10.8. The second-order valence-corrected chi connectivity index (χ2v) is 8.16. The van der Waals surface area contributed by atoms with Gasteiger partial charge in [-0.05, 0) is 14.0 Å². The van der Waals surface area contributed by atoms with E-state index in [1.807, 2.05) is 30.3 Å². The molecule has 1 N–H and O–H groups in total. The second kappa shape index (κ2) is 9.85. The lowest BCUT2D eigenvalue weighted by molar-refractivity contribution is -0.384. The van der Waals surface area contributed by atoms with Crippen LogP contribution in [0.4, 0.5) is 11.4 Å². The molecule has 4 rings (SSSR count). The summed E-state index contributed by atoms with van der Waals surface area (Å²) in [5.41, 5.74) is 2.84. The lowest BCUT2D eigenvalue weighted by Crippen LogP contribution is -2.47. The molecule has 1 aliphatic heterocycles. The van der Waals surface area contributed by atoms with Crippen LogP contribution < -0.4 is 5.32 Å². The SMILES string of the molecule is Cc1nc(-c2ccccc2)nc(-c2cccc([N+](=O)[O-])c2)c1NC(=O)CN1CCN(C)CC1. The first kappa shape index (κ1) is 22.5. The third kappa shape index (κ3) is 5.39. The topological polar surface area (TPSA) is 104 Å². The number of benzene rings is 2. The molecular formula is C24H26N6O3. The normalized spacial score (nSPS) is 14.7. The highest BCUT2D eigenvalue weighted by Crippen LogP contribution is 2.32. The Bertz CT molecular complexity index is 1160. The highest BCUT2D eigenvalue weighted by Gasteiger charge is 2.21. The van der Waals surface area contributed by atoms with Gasteiger partial charge in [0, 0.05) is 49.4 Å². The Morgan fingerprint density at radius 1 is 1.03 bits per heavy atom. The Balaban J connectivity index is 1.70. The molecule has 0 spiro atoms. The van der Waals surface area contributed by atoms with Gasteiger partial charge in [0.05, 0.1) is 28.5 Å². The molecule has 2 aromatic carbocycles. The Morgan fingerprint density at radius 2 is 1.73 bits per heavy atom. The van der Waals surface area contributed by atoms with Gasteiger partial charge in [0.2, 0.25) is 5.91 Å². The molecule has 170 valence electrons. The van der Waals surface area contributed by atoms with Gasteiger partial charge >= 0.3 is 0 Å². The number of carbonyl (C=O) groups is 1. The van der Waals surface area contributed by atoms with Crippen LogP contribution in [-0.2, 0) is 4.79 Å². The van der Waals surface area contributed by atoms with Gasteiger partial charge in [-0.15, -0.1) is 0 Å². The summed E-state index contributed by atoms with van der Waals surface area (Å²) < 4.78 is 0. The smallest absolute Gasteiger partial charge is 0.270 e. The van der Waals surface area contributed by atoms with Crippen molar-refractivity contribution in [3.63, 3.8) is 0 Å². The highest BCUT2D eigenvalue weighted by molar-refractivity contribution is 5.97. The molecule has 9 heteroatoms. The molecule has 0 atom stereocenters. The van der Waals surface area contributed by atoms with Crippen LogP contribution in [0.15, 0.2) is 54.6 Å². The molecule has 9 nitrogen and oxygen atoms in total. The number of nitrogens with zero attached hydrogens (tertiary/aromatic N) is 5. The van der Waals surface area contributed by atoms with Gasteiger partial charge < -0.3 is 10.2 Å². The van der Waals surface area contributed by atoms with Crippen molar-refractivity contribution < 1.29 is 9.72 Å². The summed E-state index contributed by atoms with van der Waals surface area (Å²) in [5, 5.41) is 14.3. The molecule has 1 amide bonds. The van der Waals surface area contributed by atoms with E-state index in [0.29, 0.717) is 28.5 Å². The molecule has 1 aliphatic rings. The maximum Gasteiger partial charge on any atom is 0.270 e. The maximum absolute atomic E-state index is 12.9. The lowest BCUT2D eigenvalue weighted by Gasteiger charge is -2.31.